The number of rotatable bonds is 2. The number of hydrogen-bond donors (Lipinski definition) is 0. The molecule has 0 aromatic heterocycles. The normalized spacial score (nSPS) is 23.5. The predicted octanol–water partition coefficient (Wildman–Crippen LogP) is 4.99. The molecule has 0 N–H and O–H groups in total. The highest BCUT2D eigenvalue weighted by Gasteiger charge is 2.22. The number of isothiocyanates is 1. The molecule has 1 aliphatic carbocycles. The molecule has 4 heteroatoms. The van der Waals surface area contributed by atoms with E-state index in [1.165, 1.54) is 12.1 Å². The lowest BCUT2D eigenvalue weighted by Crippen LogP contribution is -2.11. The first-order valence-electron chi connectivity index (χ1n) is 6.18. The lowest BCUT2D eigenvalue weighted by molar-refractivity contribution is 0.346. The Morgan fingerprint density at radius 3 is 2.22 bits per heavy atom. The van der Waals surface area contributed by atoms with Gasteiger partial charge in [-0.05, 0) is 54.6 Å². The lowest BCUT2D eigenvalue weighted by atomic mass is 9.79. The van der Waals surface area contributed by atoms with Crippen LogP contribution in [0.1, 0.15) is 44.1 Å². The SMILES string of the molecule is CC1CCC(c2cc(F)c(N=C=S)c(F)c2)CC1. The third-order valence-corrected chi connectivity index (χ3v) is 3.78. The van der Waals surface area contributed by atoms with Gasteiger partial charge in [0.05, 0.1) is 5.16 Å². The summed E-state index contributed by atoms with van der Waals surface area (Å²) in [7, 11) is 0. The van der Waals surface area contributed by atoms with Crippen LogP contribution in [0.15, 0.2) is 17.1 Å². The van der Waals surface area contributed by atoms with E-state index < -0.39 is 11.6 Å². The average Bonchev–Trinajstić information content (AvgIpc) is 2.34. The molecule has 0 unspecified atom stereocenters. The molecule has 0 atom stereocenters. The number of nitrogens with zero attached hydrogens (tertiary/aromatic N) is 1. The summed E-state index contributed by atoms with van der Waals surface area (Å²) >= 11 is 4.37. The van der Waals surface area contributed by atoms with E-state index in [0.717, 1.165) is 37.2 Å². The summed E-state index contributed by atoms with van der Waals surface area (Å²) in [6.07, 6.45) is 4.23. The molecule has 1 nitrogen and oxygen atoms in total. The van der Waals surface area contributed by atoms with Gasteiger partial charge in [0, 0.05) is 0 Å². The Morgan fingerprint density at radius 1 is 1.17 bits per heavy atom. The largest absolute Gasteiger partial charge is 0.204 e. The molecule has 0 spiro atoms. The molecule has 0 aliphatic heterocycles. The van der Waals surface area contributed by atoms with Crippen LogP contribution in [0, 0.1) is 17.6 Å². The van der Waals surface area contributed by atoms with Gasteiger partial charge in [-0.1, -0.05) is 19.8 Å². The fourth-order valence-corrected chi connectivity index (χ4v) is 2.66. The van der Waals surface area contributed by atoms with Gasteiger partial charge >= 0.3 is 0 Å². The third-order valence-electron chi connectivity index (χ3n) is 3.68. The molecule has 0 bridgehead atoms. The second-order valence-corrected chi connectivity index (χ2v) is 5.18. The number of benzene rings is 1. The molecule has 1 aliphatic rings. The van der Waals surface area contributed by atoms with Gasteiger partial charge in [0.1, 0.15) is 5.69 Å². The van der Waals surface area contributed by atoms with E-state index in [9.17, 15) is 8.78 Å². The lowest BCUT2D eigenvalue weighted by Gasteiger charge is -2.26. The van der Waals surface area contributed by atoms with Crippen LogP contribution in [0.2, 0.25) is 0 Å². The zero-order chi connectivity index (χ0) is 13.1. The van der Waals surface area contributed by atoms with Gasteiger partial charge in [-0.3, -0.25) is 0 Å². The van der Waals surface area contributed by atoms with Crippen LogP contribution in [0.3, 0.4) is 0 Å². The summed E-state index contributed by atoms with van der Waals surface area (Å²) in [5, 5.41) is 2.00. The van der Waals surface area contributed by atoms with Gasteiger partial charge in [0.15, 0.2) is 11.6 Å². The van der Waals surface area contributed by atoms with Crippen LogP contribution in [0.5, 0.6) is 0 Å². The Bertz CT molecular complexity index is 464. The van der Waals surface area contributed by atoms with Gasteiger partial charge in [0.25, 0.3) is 0 Å². The van der Waals surface area contributed by atoms with Crippen molar-refractivity contribution in [2.45, 2.75) is 38.5 Å². The summed E-state index contributed by atoms with van der Waals surface area (Å²) in [5.41, 5.74) is 0.401. The zero-order valence-corrected chi connectivity index (χ0v) is 11.1. The first kappa shape index (κ1) is 13.3. The van der Waals surface area contributed by atoms with Gasteiger partial charge in [0.2, 0.25) is 0 Å². The van der Waals surface area contributed by atoms with Crippen LogP contribution >= 0.6 is 12.2 Å². The standard InChI is InChI=1S/C14H15F2NS/c1-9-2-4-10(5-3-9)11-6-12(15)14(17-8-18)13(16)7-11/h6-7,9-10H,2-5H2,1H3. The van der Waals surface area contributed by atoms with Crippen molar-refractivity contribution in [3.05, 3.63) is 29.3 Å². The van der Waals surface area contributed by atoms with Crippen molar-refractivity contribution in [1.82, 2.24) is 0 Å². The molecule has 96 valence electrons. The number of hydrogen-bond acceptors (Lipinski definition) is 2. The Hall–Kier alpha value is -1.12. The van der Waals surface area contributed by atoms with Crippen molar-refractivity contribution in [2.75, 3.05) is 0 Å². The summed E-state index contributed by atoms with van der Waals surface area (Å²) in [6, 6.07) is 2.77. The summed E-state index contributed by atoms with van der Waals surface area (Å²) in [6.45, 7) is 2.22. The fraction of sp³-hybridized carbons (Fsp3) is 0.500. The van der Waals surface area contributed by atoms with Gasteiger partial charge < -0.3 is 0 Å². The van der Waals surface area contributed by atoms with Crippen molar-refractivity contribution in [3.63, 3.8) is 0 Å². The summed E-state index contributed by atoms with van der Waals surface area (Å²) in [5.74, 6) is -0.327. The first-order chi connectivity index (χ1) is 8.61. The summed E-state index contributed by atoms with van der Waals surface area (Å²) < 4.78 is 27.4. The molecule has 18 heavy (non-hydrogen) atoms. The Kier molecular flexibility index (Phi) is 4.20. The van der Waals surface area contributed by atoms with E-state index in [1.807, 2.05) is 5.16 Å². The number of halogens is 2. The first-order valence-corrected chi connectivity index (χ1v) is 6.59. The molecule has 1 aromatic rings. The monoisotopic (exact) mass is 267 g/mol. The maximum Gasteiger partial charge on any atom is 0.152 e. The average molecular weight is 267 g/mol. The Morgan fingerprint density at radius 2 is 1.72 bits per heavy atom. The van der Waals surface area contributed by atoms with E-state index >= 15 is 0 Å². The minimum absolute atomic E-state index is 0.260. The molecular formula is C14H15F2NS. The molecule has 0 heterocycles. The highest BCUT2D eigenvalue weighted by atomic mass is 32.1. The maximum atomic E-state index is 13.7. The molecule has 0 amide bonds. The molecule has 1 aromatic carbocycles. The van der Waals surface area contributed by atoms with E-state index in [-0.39, 0.29) is 11.6 Å². The molecule has 1 saturated carbocycles. The van der Waals surface area contributed by atoms with E-state index in [0.29, 0.717) is 0 Å². The molecular weight excluding hydrogens is 252 g/mol. The number of thiocarbonyl (C=S) groups is 1. The van der Waals surface area contributed by atoms with Gasteiger partial charge in [-0.2, -0.15) is 4.99 Å². The van der Waals surface area contributed by atoms with Crippen LogP contribution in [0.4, 0.5) is 14.5 Å². The van der Waals surface area contributed by atoms with Crippen LogP contribution in [0.25, 0.3) is 0 Å². The van der Waals surface area contributed by atoms with Crippen molar-refractivity contribution in [3.8, 4) is 0 Å². The molecule has 0 radical (unpaired) electrons. The minimum Gasteiger partial charge on any atom is -0.204 e. The van der Waals surface area contributed by atoms with Gasteiger partial charge in [-0.15, -0.1) is 0 Å². The second kappa shape index (κ2) is 5.68. The van der Waals surface area contributed by atoms with Crippen molar-refractivity contribution >= 4 is 23.1 Å². The van der Waals surface area contributed by atoms with Crippen LogP contribution in [-0.4, -0.2) is 5.16 Å². The minimum atomic E-state index is -0.652. The second-order valence-electron chi connectivity index (χ2n) is 4.99. The fourth-order valence-electron chi connectivity index (χ4n) is 2.57. The van der Waals surface area contributed by atoms with E-state index in [2.05, 4.69) is 24.1 Å². The Balaban J connectivity index is 2.27. The van der Waals surface area contributed by atoms with Crippen molar-refractivity contribution in [1.29, 1.82) is 0 Å². The van der Waals surface area contributed by atoms with Crippen LogP contribution in [-0.2, 0) is 0 Å². The highest BCUT2D eigenvalue weighted by Crippen LogP contribution is 2.37. The topological polar surface area (TPSA) is 12.4 Å². The third kappa shape index (κ3) is 2.82. The van der Waals surface area contributed by atoms with Crippen molar-refractivity contribution in [2.24, 2.45) is 10.9 Å². The zero-order valence-electron chi connectivity index (χ0n) is 10.2. The molecule has 1 fully saturated rings. The smallest absolute Gasteiger partial charge is 0.152 e. The molecule has 0 saturated heterocycles. The van der Waals surface area contributed by atoms with E-state index in [1.54, 1.807) is 0 Å². The predicted molar refractivity (Wildman–Crippen MR) is 71.4 cm³/mol. The Labute approximate surface area is 111 Å². The number of aliphatic imine (C=N–C) groups is 1. The maximum absolute atomic E-state index is 13.7. The quantitative estimate of drug-likeness (QED) is 0.543. The summed E-state index contributed by atoms with van der Waals surface area (Å²) in [4.78, 5) is 3.42. The van der Waals surface area contributed by atoms with Crippen LogP contribution < -0.4 is 0 Å². The highest BCUT2D eigenvalue weighted by molar-refractivity contribution is 7.78. The van der Waals surface area contributed by atoms with Crippen molar-refractivity contribution < 1.29 is 8.78 Å². The van der Waals surface area contributed by atoms with E-state index in [4.69, 9.17) is 0 Å². The van der Waals surface area contributed by atoms with Gasteiger partial charge in [-0.25, -0.2) is 8.78 Å². The molecule has 2 rings (SSSR count).